The third kappa shape index (κ3) is 3.56. The van der Waals surface area contributed by atoms with E-state index in [1.54, 1.807) is 7.11 Å². The molecule has 4 rings (SSSR count). The molecule has 1 aliphatic rings. The Morgan fingerprint density at radius 1 is 0.929 bits per heavy atom. The van der Waals surface area contributed by atoms with Crippen molar-refractivity contribution in [3.05, 3.63) is 41.9 Å². The Kier molecular flexibility index (Phi) is 4.98. The van der Waals surface area contributed by atoms with Gasteiger partial charge in [-0.1, -0.05) is 13.8 Å². The lowest BCUT2D eigenvalue weighted by atomic mass is 10.1. The van der Waals surface area contributed by atoms with Gasteiger partial charge in [-0.05, 0) is 31.0 Å². The van der Waals surface area contributed by atoms with Gasteiger partial charge in [0.15, 0.2) is 5.82 Å². The summed E-state index contributed by atoms with van der Waals surface area (Å²) in [5, 5.41) is 0. The van der Waals surface area contributed by atoms with Gasteiger partial charge in [-0.3, -0.25) is 0 Å². The summed E-state index contributed by atoms with van der Waals surface area (Å²) in [6.07, 6.45) is 1.86. The molecule has 2 aromatic heterocycles. The zero-order chi connectivity index (χ0) is 19.7. The molecule has 1 aromatic carbocycles. The Morgan fingerprint density at radius 2 is 1.68 bits per heavy atom. The number of ether oxygens (including phenoxy) is 1. The average Bonchev–Trinajstić information content (AvgIpc) is 2.73. The molecule has 146 valence electrons. The number of benzene rings is 1. The maximum Gasteiger partial charge on any atom is 0.225 e. The standard InChI is InChI=1S/C21H26N6O/c1-14(2)17-7-8-22-21(25-17)27-11-9-26(10-12-27)20-15(3)23-19-13-16(28-4)5-6-18(19)24-20/h5-8,13-14H,9-12H2,1-4H3. The van der Waals surface area contributed by atoms with E-state index in [0.717, 1.165) is 66.1 Å². The molecule has 0 bridgehead atoms. The van der Waals surface area contributed by atoms with E-state index >= 15 is 0 Å². The van der Waals surface area contributed by atoms with Crippen molar-refractivity contribution < 1.29 is 4.74 Å². The highest BCUT2D eigenvalue weighted by atomic mass is 16.5. The number of aromatic nitrogens is 4. The molecule has 0 spiro atoms. The van der Waals surface area contributed by atoms with Crippen molar-refractivity contribution >= 4 is 22.8 Å². The summed E-state index contributed by atoms with van der Waals surface area (Å²) in [7, 11) is 1.66. The minimum Gasteiger partial charge on any atom is -0.497 e. The summed E-state index contributed by atoms with van der Waals surface area (Å²) in [6, 6.07) is 7.81. The number of anilines is 2. The van der Waals surface area contributed by atoms with E-state index in [4.69, 9.17) is 19.7 Å². The van der Waals surface area contributed by atoms with Gasteiger partial charge >= 0.3 is 0 Å². The van der Waals surface area contributed by atoms with Gasteiger partial charge in [-0.25, -0.2) is 19.9 Å². The Labute approximate surface area is 165 Å². The molecule has 28 heavy (non-hydrogen) atoms. The van der Waals surface area contributed by atoms with Gasteiger partial charge in [0.25, 0.3) is 0 Å². The lowest BCUT2D eigenvalue weighted by Gasteiger charge is -2.36. The van der Waals surface area contributed by atoms with Crippen LogP contribution < -0.4 is 14.5 Å². The van der Waals surface area contributed by atoms with E-state index in [9.17, 15) is 0 Å². The number of aryl methyl sites for hydroxylation is 1. The molecule has 3 aromatic rings. The number of rotatable bonds is 4. The van der Waals surface area contributed by atoms with Gasteiger partial charge in [0.2, 0.25) is 5.95 Å². The molecule has 0 amide bonds. The number of hydrogen-bond acceptors (Lipinski definition) is 7. The van der Waals surface area contributed by atoms with Crippen molar-refractivity contribution in [2.24, 2.45) is 0 Å². The molecule has 0 N–H and O–H groups in total. The summed E-state index contributed by atoms with van der Waals surface area (Å²) < 4.78 is 5.29. The molecule has 0 saturated carbocycles. The van der Waals surface area contributed by atoms with E-state index in [1.165, 1.54) is 0 Å². The average molecular weight is 378 g/mol. The first kappa shape index (κ1) is 18.4. The van der Waals surface area contributed by atoms with Crippen molar-refractivity contribution in [2.45, 2.75) is 26.7 Å². The van der Waals surface area contributed by atoms with Crippen LogP contribution in [-0.4, -0.2) is 53.2 Å². The van der Waals surface area contributed by atoms with Crippen LogP contribution in [0.15, 0.2) is 30.5 Å². The zero-order valence-corrected chi connectivity index (χ0v) is 16.9. The minimum atomic E-state index is 0.400. The summed E-state index contributed by atoms with van der Waals surface area (Å²) in [5.41, 5.74) is 3.77. The Balaban J connectivity index is 1.52. The van der Waals surface area contributed by atoms with Crippen LogP contribution >= 0.6 is 0 Å². The summed E-state index contributed by atoms with van der Waals surface area (Å²) in [6.45, 7) is 9.79. The fraction of sp³-hybridized carbons (Fsp3) is 0.429. The fourth-order valence-electron chi connectivity index (χ4n) is 3.49. The monoisotopic (exact) mass is 378 g/mol. The Bertz CT molecular complexity index is 982. The smallest absolute Gasteiger partial charge is 0.225 e. The van der Waals surface area contributed by atoms with Crippen molar-refractivity contribution in [2.75, 3.05) is 43.1 Å². The highest BCUT2D eigenvalue weighted by Crippen LogP contribution is 2.25. The minimum absolute atomic E-state index is 0.400. The van der Waals surface area contributed by atoms with Crippen LogP contribution in [0.1, 0.15) is 31.2 Å². The predicted octanol–water partition coefficient (Wildman–Crippen LogP) is 3.19. The van der Waals surface area contributed by atoms with E-state index in [1.807, 2.05) is 37.4 Å². The molecular formula is C21H26N6O. The first-order valence-corrected chi connectivity index (χ1v) is 9.70. The number of methoxy groups -OCH3 is 1. The van der Waals surface area contributed by atoms with E-state index in [2.05, 4.69) is 28.6 Å². The first-order chi connectivity index (χ1) is 13.5. The van der Waals surface area contributed by atoms with Gasteiger partial charge in [0, 0.05) is 44.1 Å². The van der Waals surface area contributed by atoms with E-state index < -0.39 is 0 Å². The maximum absolute atomic E-state index is 5.29. The van der Waals surface area contributed by atoms with Gasteiger partial charge in [0.1, 0.15) is 5.75 Å². The van der Waals surface area contributed by atoms with Gasteiger partial charge < -0.3 is 14.5 Å². The first-order valence-electron chi connectivity index (χ1n) is 9.70. The van der Waals surface area contributed by atoms with Crippen molar-refractivity contribution in [3.8, 4) is 5.75 Å². The quantitative estimate of drug-likeness (QED) is 0.691. The highest BCUT2D eigenvalue weighted by molar-refractivity contribution is 5.78. The summed E-state index contributed by atoms with van der Waals surface area (Å²) in [5.74, 6) is 2.97. The highest BCUT2D eigenvalue weighted by Gasteiger charge is 2.22. The lowest BCUT2D eigenvalue weighted by molar-refractivity contribution is 0.415. The van der Waals surface area contributed by atoms with Crippen LogP contribution in [0.3, 0.4) is 0 Å². The second-order valence-corrected chi connectivity index (χ2v) is 7.40. The Morgan fingerprint density at radius 3 is 2.39 bits per heavy atom. The largest absolute Gasteiger partial charge is 0.497 e. The molecule has 1 aliphatic heterocycles. The van der Waals surface area contributed by atoms with Crippen molar-refractivity contribution in [3.63, 3.8) is 0 Å². The second kappa shape index (κ2) is 7.58. The van der Waals surface area contributed by atoms with Gasteiger partial charge in [0.05, 0.1) is 23.8 Å². The third-order valence-corrected chi connectivity index (χ3v) is 5.14. The van der Waals surface area contributed by atoms with Gasteiger partial charge in [-0.2, -0.15) is 0 Å². The predicted molar refractivity (Wildman–Crippen MR) is 111 cm³/mol. The van der Waals surface area contributed by atoms with Crippen molar-refractivity contribution in [1.82, 2.24) is 19.9 Å². The van der Waals surface area contributed by atoms with Crippen LogP contribution in [0.25, 0.3) is 11.0 Å². The number of piperazine rings is 1. The molecule has 3 heterocycles. The molecule has 0 aliphatic carbocycles. The second-order valence-electron chi connectivity index (χ2n) is 7.40. The molecule has 0 atom stereocenters. The molecule has 1 fully saturated rings. The maximum atomic E-state index is 5.29. The van der Waals surface area contributed by atoms with Crippen LogP contribution in [0.5, 0.6) is 5.75 Å². The molecule has 7 heteroatoms. The number of nitrogens with zero attached hydrogens (tertiary/aromatic N) is 6. The summed E-state index contributed by atoms with van der Waals surface area (Å²) in [4.78, 5) is 23.4. The molecule has 7 nitrogen and oxygen atoms in total. The third-order valence-electron chi connectivity index (χ3n) is 5.14. The summed E-state index contributed by atoms with van der Waals surface area (Å²) >= 11 is 0. The number of hydrogen-bond donors (Lipinski definition) is 0. The molecular weight excluding hydrogens is 352 g/mol. The zero-order valence-electron chi connectivity index (χ0n) is 16.9. The van der Waals surface area contributed by atoms with Crippen molar-refractivity contribution in [1.29, 1.82) is 0 Å². The van der Waals surface area contributed by atoms with Crippen LogP contribution in [-0.2, 0) is 0 Å². The van der Waals surface area contributed by atoms with E-state index in [0.29, 0.717) is 5.92 Å². The lowest BCUT2D eigenvalue weighted by Crippen LogP contribution is -2.47. The Hall–Kier alpha value is -2.96. The fourth-order valence-corrected chi connectivity index (χ4v) is 3.49. The van der Waals surface area contributed by atoms with Gasteiger partial charge in [-0.15, -0.1) is 0 Å². The van der Waals surface area contributed by atoms with Crippen LogP contribution in [0.2, 0.25) is 0 Å². The SMILES string of the molecule is COc1ccc2nc(N3CCN(c4nccc(C(C)C)n4)CC3)c(C)nc2c1. The normalized spacial score (nSPS) is 14.8. The van der Waals surface area contributed by atoms with Crippen LogP contribution in [0.4, 0.5) is 11.8 Å². The number of fused-ring (bicyclic) bond motifs is 1. The topological polar surface area (TPSA) is 67.3 Å². The van der Waals surface area contributed by atoms with Crippen LogP contribution in [0, 0.1) is 6.92 Å². The molecule has 0 radical (unpaired) electrons. The molecule has 0 unspecified atom stereocenters. The van der Waals surface area contributed by atoms with E-state index in [-0.39, 0.29) is 0 Å². The molecule has 1 saturated heterocycles.